The molecule has 1 N–H and O–H groups in total. The molecule has 29 heavy (non-hydrogen) atoms. The van der Waals surface area contributed by atoms with Crippen LogP contribution < -0.4 is 0 Å². The van der Waals surface area contributed by atoms with Gasteiger partial charge in [0, 0.05) is 42.1 Å². The summed E-state index contributed by atoms with van der Waals surface area (Å²) in [5.74, 6) is -0.840. The average Bonchev–Trinajstić information content (AvgIpc) is 3.10. The van der Waals surface area contributed by atoms with Crippen LogP contribution in [-0.4, -0.2) is 39.8 Å². The van der Waals surface area contributed by atoms with Gasteiger partial charge in [0.25, 0.3) is 5.69 Å². The third-order valence-corrected chi connectivity index (χ3v) is 5.37. The van der Waals surface area contributed by atoms with Gasteiger partial charge in [-0.05, 0) is 17.2 Å². The number of para-hydroxylation sites is 1. The molecule has 0 fully saturated rings. The normalized spacial score (nSPS) is 18.3. The Balaban J connectivity index is 1.99. The fourth-order valence-corrected chi connectivity index (χ4v) is 4.15. The standard InChI is InChI=1S/C21H19N3O5/c1-12(25)23-18(21(26)29-2)11-16-15-8-3-4-9-17(15)22-19(16)20(23)13-6-5-7-14(10-13)24(27)28/h3-10,18,20,22H,11H2,1-2H3/t18-,20-/m1/s1. The molecule has 8 nitrogen and oxygen atoms in total. The van der Waals surface area contributed by atoms with Gasteiger partial charge < -0.3 is 14.6 Å². The largest absolute Gasteiger partial charge is 0.467 e. The quantitative estimate of drug-likeness (QED) is 0.418. The van der Waals surface area contributed by atoms with Gasteiger partial charge in [-0.3, -0.25) is 14.9 Å². The molecule has 0 saturated heterocycles. The van der Waals surface area contributed by atoms with Gasteiger partial charge in [-0.2, -0.15) is 0 Å². The highest BCUT2D eigenvalue weighted by Crippen LogP contribution is 2.41. The van der Waals surface area contributed by atoms with E-state index in [1.807, 2.05) is 24.3 Å². The third-order valence-electron chi connectivity index (χ3n) is 5.37. The number of benzene rings is 2. The SMILES string of the molecule is COC(=O)[C@H]1Cc2c([nH]c3ccccc23)[C@@H](c2cccc([N+](=O)[O-])c2)N1C(C)=O. The summed E-state index contributed by atoms with van der Waals surface area (Å²) < 4.78 is 4.97. The number of rotatable bonds is 3. The highest BCUT2D eigenvalue weighted by Gasteiger charge is 2.43. The first-order valence-corrected chi connectivity index (χ1v) is 9.13. The van der Waals surface area contributed by atoms with E-state index in [-0.39, 0.29) is 11.6 Å². The lowest BCUT2D eigenvalue weighted by atomic mass is 9.87. The van der Waals surface area contributed by atoms with Gasteiger partial charge in [0.05, 0.1) is 18.1 Å². The van der Waals surface area contributed by atoms with Gasteiger partial charge in [-0.25, -0.2) is 4.79 Å². The van der Waals surface area contributed by atoms with Crippen LogP contribution in [0.5, 0.6) is 0 Å². The van der Waals surface area contributed by atoms with Crippen molar-refractivity contribution in [2.24, 2.45) is 0 Å². The highest BCUT2D eigenvalue weighted by atomic mass is 16.6. The molecular formula is C21H19N3O5. The van der Waals surface area contributed by atoms with E-state index in [4.69, 9.17) is 4.74 Å². The maximum absolute atomic E-state index is 12.6. The Bertz CT molecular complexity index is 1140. The highest BCUT2D eigenvalue weighted by molar-refractivity contribution is 5.90. The van der Waals surface area contributed by atoms with Crippen molar-refractivity contribution in [3.63, 3.8) is 0 Å². The third kappa shape index (κ3) is 3.02. The molecule has 0 bridgehead atoms. The first kappa shape index (κ1) is 18.7. The minimum absolute atomic E-state index is 0.0798. The number of nitro groups is 1. The van der Waals surface area contributed by atoms with Gasteiger partial charge in [0.15, 0.2) is 0 Å². The molecule has 0 aliphatic carbocycles. The predicted octanol–water partition coefficient (Wildman–Crippen LogP) is 3.11. The molecule has 1 aromatic heterocycles. The number of carbonyl (C=O) groups excluding carboxylic acids is 2. The van der Waals surface area contributed by atoms with E-state index in [2.05, 4.69) is 4.98 Å². The predicted molar refractivity (Wildman–Crippen MR) is 105 cm³/mol. The van der Waals surface area contributed by atoms with Crippen molar-refractivity contribution in [1.29, 1.82) is 0 Å². The van der Waals surface area contributed by atoms with Gasteiger partial charge in [-0.1, -0.05) is 30.3 Å². The van der Waals surface area contributed by atoms with Crippen molar-refractivity contribution in [3.8, 4) is 0 Å². The Morgan fingerprint density at radius 3 is 2.66 bits per heavy atom. The number of nitrogens with one attached hydrogen (secondary N) is 1. The molecule has 4 rings (SSSR count). The molecule has 0 saturated carbocycles. The summed E-state index contributed by atoms with van der Waals surface area (Å²) >= 11 is 0. The zero-order valence-electron chi connectivity index (χ0n) is 15.9. The minimum atomic E-state index is -0.825. The Kier molecular flexibility index (Phi) is 4.54. The van der Waals surface area contributed by atoms with Crippen molar-refractivity contribution in [2.45, 2.75) is 25.4 Å². The number of carbonyl (C=O) groups is 2. The molecule has 2 aromatic carbocycles. The molecule has 0 radical (unpaired) electrons. The lowest BCUT2D eigenvalue weighted by molar-refractivity contribution is -0.384. The summed E-state index contributed by atoms with van der Waals surface area (Å²) in [6, 6.07) is 12.3. The van der Waals surface area contributed by atoms with Crippen molar-refractivity contribution in [2.75, 3.05) is 7.11 Å². The van der Waals surface area contributed by atoms with Crippen LogP contribution >= 0.6 is 0 Å². The van der Waals surface area contributed by atoms with Crippen LogP contribution in [0.1, 0.15) is 29.8 Å². The van der Waals surface area contributed by atoms with Crippen LogP contribution in [0.3, 0.4) is 0 Å². The van der Waals surface area contributed by atoms with Crippen molar-refractivity contribution >= 4 is 28.5 Å². The van der Waals surface area contributed by atoms with Gasteiger partial charge >= 0.3 is 5.97 Å². The zero-order valence-corrected chi connectivity index (χ0v) is 15.9. The number of nitrogens with zero attached hydrogens (tertiary/aromatic N) is 2. The van der Waals surface area contributed by atoms with Crippen LogP contribution in [0.25, 0.3) is 10.9 Å². The summed E-state index contributed by atoms with van der Waals surface area (Å²) in [5, 5.41) is 12.3. The first-order chi connectivity index (χ1) is 13.9. The summed E-state index contributed by atoms with van der Waals surface area (Å²) in [4.78, 5) is 40.8. The fourth-order valence-electron chi connectivity index (χ4n) is 4.15. The molecule has 0 spiro atoms. The van der Waals surface area contributed by atoms with E-state index in [0.29, 0.717) is 12.0 Å². The Morgan fingerprint density at radius 1 is 1.21 bits per heavy atom. The second-order valence-electron chi connectivity index (χ2n) is 6.99. The topological polar surface area (TPSA) is 106 Å². The van der Waals surface area contributed by atoms with E-state index in [1.54, 1.807) is 12.1 Å². The number of aromatic amines is 1. The molecule has 148 valence electrons. The van der Waals surface area contributed by atoms with Crippen LogP contribution in [-0.2, 0) is 20.7 Å². The maximum Gasteiger partial charge on any atom is 0.328 e. The zero-order chi connectivity index (χ0) is 20.7. The molecular weight excluding hydrogens is 374 g/mol. The maximum atomic E-state index is 12.6. The first-order valence-electron chi connectivity index (χ1n) is 9.13. The lowest BCUT2D eigenvalue weighted by Gasteiger charge is -2.40. The van der Waals surface area contributed by atoms with E-state index in [9.17, 15) is 19.7 Å². The number of non-ortho nitro benzene ring substituents is 1. The van der Waals surface area contributed by atoms with E-state index in [0.717, 1.165) is 22.2 Å². The number of methoxy groups -OCH3 is 1. The van der Waals surface area contributed by atoms with Crippen molar-refractivity contribution < 1.29 is 19.2 Å². The summed E-state index contributed by atoms with van der Waals surface area (Å²) in [6.45, 7) is 1.38. The molecule has 1 amide bonds. The van der Waals surface area contributed by atoms with Crippen molar-refractivity contribution in [3.05, 3.63) is 75.5 Å². The van der Waals surface area contributed by atoms with E-state index < -0.39 is 23.0 Å². The molecule has 8 heteroatoms. The van der Waals surface area contributed by atoms with Gasteiger partial charge in [-0.15, -0.1) is 0 Å². The number of amides is 1. The van der Waals surface area contributed by atoms with Crippen LogP contribution in [0.15, 0.2) is 48.5 Å². The van der Waals surface area contributed by atoms with Crippen LogP contribution in [0.2, 0.25) is 0 Å². The number of fused-ring (bicyclic) bond motifs is 3. The van der Waals surface area contributed by atoms with Crippen LogP contribution in [0.4, 0.5) is 5.69 Å². The van der Waals surface area contributed by atoms with Gasteiger partial charge in [0.1, 0.15) is 6.04 Å². The number of aromatic nitrogens is 1. The Labute approximate surface area is 166 Å². The Morgan fingerprint density at radius 2 is 1.97 bits per heavy atom. The average molecular weight is 393 g/mol. The number of esters is 1. The second kappa shape index (κ2) is 7.05. The summed E-state index contributed by atoms with van der Waals surface area (Å²) in [5.41, 5.74) is 3.01. The monoisotopic (exact) mass is 393 g/mol. The van der Waals surface area contributed by atoms with Crippen LogP contribution in [0, 0.1) is 10.1 Å². The number of hydrogen-bond acceptors (Lipinski definition) is 5. The number of ether oxygens (including phenoxy) is 1. The summed E-state index contributed by atoms with van der Waals surface area (Å²) in [7, 11) is 1.29. The molecule has 1 aliphatic heterocycles. The lowest BCUT2D eigenvalue weighted by Crippen LogP contribution is -2.51. The number of hydrogen-bond donors (Lipinski definition) is 1. The second-order valence-corrected chi connectivity index (χ2v) is 6.99. The smallest absolute Gasteiger partial charge is 0.328 e. The molecule has 1 aliphatic rings. The fraction of sp³-hybridized carbons (Fsp3) is 0.238. The number of nitro benzene ring substituents is 1. The van der Waals surface area contributed by atoms with E-state index >= 15 is 0 Å². The van der Waals surface area contributed by atoms with Crippen molar-refractivity contribution in [1.82, 2.24) is 9.88 Å². The number of H-pyrrole nitrogens is 1. The van der Waals surface area contributed by atoms with Gasteiger partial charge in [0.2, 0.25) is 5.91 Å². The Hall–Kier alpha value is -3.68. The molecule has 2 heterocycles. The molecule has 0 unspecified atom stereocenters. The molecule has 3 aromatic rings. The van der Waals surface area contributed by atoms with E-state index in [1.165, 1.54) is 31.1 Å². The summed E-state index contributed by atoms with van der Waals surface area (Å²) in [6.07, 6.45) is 0.303. The minimum Gasteiger partial charge on any atom is -0.467 e. The molecule has 2 atom stereocenters.